The van der Waals surface area contributed by atoms with Gasteiger partial charge in [-0.3, -0.25) is 4.68 Å². The van der Waals surface area contributed by atoms with Gasteiger partial charge in [0.25, 0.3) is 0 Å². The van der Waals surface area contributed by atoms with E-state index in [1.165, 1.54) is 12.1 Å². The number of H-pyrrole nitrogens is 1. The van der Waals surface area contributed by atoms with Gasteiger partial charge in [-0.2, -0.15) is 14.5 Å². The lowest BCUT2D eigenvalue weighted by molar-refractivity contribution is 0.482. The smallest absolute Gasteiger partial charge is 0.244 e. The summed E-state index contributed by atoms with van der Waals surface area (Å²) in [6.07, 6.45) is 14.1. The summed E-state index contributed by atoms with van der Waals surface area (Å²) in [7, 11) is -3.77. The molecule has 4 rings (SSSR count). The van der Waals surface area contributed by atoms with Crippen molar-refractivity contribution in [2.45, 2.75) is 4.90 Å². The van der Waals surface area contributed by atoms with Crippen LogP contribution in [-0.4, -0.2) is 45.8 Å². The third-order valence-electron chi connectivity index (χ3n) is 4.42. The van der Waals surface area contributed by atoms with E-state index >= 15 is 0 Å². The predicted octanol–water partition coefficient (Wildman–Crippen LogP) is 2.16. The third kappa shape index (κ3) is 2.81. The minimum atomic E-state index is -3.77. The topological polar surface area (TPSA) is 83.9 Å². The fraction of sp³-hybridized carbons (Fsp3) is 0.100. The van der Waals surface area contributed by atoms with Crippen LogP contribution in [0.25, 0.3) is 27.5 Å². The summed E-state index contributed by atoms with van der Waals surface area (Å²) in [6, 6.07) is 10.4. The first kappa shape index (κ1) is 17.8. The van der Waals surface area contributed by atoms with Crippen LogP contribution < -0.4 is 0 Å². The van der Waals surface area contributed by atoms with Gasteiger partial charge in [-0.05, 0) is 36.4 Å². The van der Waals surface area contributed by atoms with Crippen molar-refractivity contribution >= 4 is 31.8 Å². The van der Waals surface area contributed by atoms with E-state index in [2.05, 4.69) is 27.1 Å². The molecule has 4 aromatic rings. The molecule has 0 fully saturated rings. The first-order chi connectivity index (χ1) is 13.6. The van der Waals surface area contributed by atoms with Crippen LogP contribution in [0.3, 0.4) is 0 Å². The molecule has 28 heavy (non-hydrogen) atoms. The van der Waals surface area contributed by atoms with Crippen molar-refractivity contribution in [3.05, 3.63) is 48.8 Å². The molecule has 2 aromatic heterocycles. The normalized spacial score (nSPS) is 11.7. The average molecular weight is 389 g/mol. The van der Waals surface area contributed by atoms with E-state index in [9.17, 15) is 8.42 Å². The number of hydrogen-bond donors (Lipinski definition) is 1. The second kappa shape index (κ2) is 6.86. The lowest BCUT2D eigenvalue weighted by Crippen LogP contribution is -2.31. The summed E-state index contributed by atoms with van der Waals surface area (Å²) in [4.78, 5) is 0.125. The van der Waals surface area contributed by atoms with E-state index in [-0.39, 0.29) is 18.0 Å². The molecule has 0 atom stereocenters. The molecule has 0 bridgehead atoms. The van der Waals surface area contributed by atoms with Crippen LogP contribution in [0, 0.1) is 24.7 Å². The maximum atomic E-state index is 12.8. The van der Waals surface area contributed by atoms with Crippen molar-refractivity contribution < 1.29 is 8.42 Å². The van der Waals surface area contributed by atoms with E-state index in [0.29, 0.717) is 0 Å². The van der Waals surface area contributed by atoms with Crippen molar-refractivity contribution in [1.29, 1.82) is 0 Å². The zero-order valence-corrected chi connectivity index (χ0v) is 15.5. The van der Waals surface area contributed by atoms with Gasteiger partial charge in [0.2, 0.25) is 10.0 Å². The quantitative estimate of drug-likeness (QED) is 0.530. The SMILES string of the molecule is C#CCN(CC#C)S(=O)(=O)c1ccc(-n2[nH]cc3ccc4nncc4c32)cc1. The molecule has 8 heteroatoms. The number of nitrogens with zero attached hydrogens (tertiary/aromatic N) is 4. The van der Waals surface area contributed by atoms with E-state index in [1.54, 1.807) is 18.3 Å². The zero-order chi connectivity index (χ0) is 19.7. The molecule has 0 aliphatic carbocycles. The predicted molar refractivity (Wildman–Crippen MR) is 107 cm³/mol. The number of aromatic amines is 1. The summed E-state index contributed by atoms with van der Waals surface area (Å²) in [5.41, 5.74) is 2.47. The van der Waals surface area contributed by atoms with Crippen LogP contribution in [0.2, 0.25) is 0 Å². The number of rotatable bonds is 5. The zero-order valence-electron chi connectivity index (χ0n) is 14.7. The monoisotopic (exact) mass is 389 g/mol. The third-order valence-corrected chi connectivity index (χ3v) is 6.22. The van der Waals surface area contributed by atoms with Gasteiger partial charge in [0.15, 0.2) is 0 Å². The van der Waals surface area contributed by atoms with E-state index in [4.69, 9.17) is 12.8 Å². The van der Waals surface area contributed by atoms with Crippen molar-refractivity contribution in [3.63, 3.8) is 0 Å². The van der Waals surface area contributed by atoms with Crippen LogP contribution in [-0.2, 0) is 10.0 Å². The van der Waals surface area contributed by atoms with Gasteiger partial charge in [-0.1, -0.05) is 11.8 Å². The molecule has 1 N–H and O–H groups in total. The molecule has 0 spiro atoms. The fourth-order valence-corrected chi connectivity index (χ4v) is 4.36. The van der Waals surface area contributed by atoms with Crippen LogP contribution in [0.15, 0.2) is 53.7 Å². The molecule has 0 unspecified atom stereocenters. The van der Waals surface area contributed by atoms with Gasteiger partial charge in [0.1, 0.15) is 0 Å². The Morgan fingerprint density at radius 1 is 1.07 bits per heavy atom. The van der Waals surface area contributed by atoms with Gasteiger partial charge in [0, 0.05) is 17.0 Å². The summed E-state index contributed by atoms with van der Waals surface area (Å²) in [6.45, 7) is -0.168. The van der Waals surface area contributed by atoms with E-state index in [0.717, 1.165) is 31.8 Å². The van der Waals surface area contributed by atoms with Crippen molar-refractivity contribution in [3.8, 4) is 30.4 Å². The molecule has 0 aliphatic heterocycles. The summed E-state index contributed by atoms with van der Waals surface area (Å²) >= 11 is 0. The maximum absolute atomic E-state index is 12.8. The molecule has 138 valence electrons. The fourth-order valence-electron chi connectivity index (χ4n) is 3.09. The largest absolute Gasteiger partial charge is 0.300 e. The van der Waals surface area contributed by atoms with Crippen molar-refractivity contribution in [1.82, 2.24) is 24.3 Å². The lowest BCUT2D eigenvalue weighted by Gasteiger charge is -2.17. The number of terminal acetylenes is 2. The Bertz CT molecular complexity index is 1340. The van der Waals surface area contributed by atoms with Crippen LogP contribution in [0.4, 0.5) is 0 Å². The highest BCUT2D eigenvalue weighted by Gasteiger charge is 2.23. The highest BCUT2D eigenvalue weighted by molar-refractivity contribution is 7.89. The van der Waals surface area contributed by atoms with Crippen LogP contribution in [0.1, 0.15) is 0 Å². The number of benzene rings is 2. The van der Waals surface area contributed by atoms with Gasteiger partial charge in [-0.25, -0.2) is 8.42 Å². The molecule has 2 aromatic carbocycles. The standard InChI is InChI=1S/C20H15N5O2S/c1-3-11-24(12-4-2)28(26,27)17-8-6-16(7-9-17)25-20-15(13-22-25)5-10-19-18(20)14-21-23-19/h1-2,5-10,13-14,22H,11-12H2. The number of fused-ring (bicyclic) bond motifs is 3. The minimum absolute atomic E-state index is 0.0841. The molecule has 0 saturated carbocycles. The van der Waals surface area contributed by atoms with E-state index in [1.807, 2.05) is 23.0 Å². The Kier molecular flexibility index (Phi) is 4.36. The number of hydrogen-bond acceptors (Lipinski definition) is 4. The Morgan fingerprint density at radius 2 is 1.79 bits per heavy atom. The van der Waals surface area contributed by atoms with Crippen molar-refractivity contribution in [2.24, 2.45) is 0 Å². The number of nitrogens with one attached hydrogen (secondary N) is 1. The molecule has 0 amide bonds. The average Bonchev–Trinajstić information content (AvgIpc) is 3.34. The summed E-state index contributed by atoms with van der Waals surface area (Å²) < 4.78 is 28.5. The van der Waals surface area contributed by atoms with Gasteiger partial charge < -0.3 is 5.10 Å². The highest BCUT2D eigenvalue weighted by Crippen LogP contribution is 2.27. The Balaban J connectivity index is 1.77. The maximum Gasteiger partial charge on any atom is 0.244 e. The highest BCUT2D eigenvalue weighted by atomic mass is 32.2. The lowest BCUT2D eigenvalue weighted by atomic mass is 10.2. The molecule has 0 saturated heterocycles. The second-order valence-corrected chi connectivity index (χ2v) is 8.00. The number of aromatic nitrogens is 4. The first-order valence-corrected chi connectivity index (χ1v) is 9.78. The Hall–Kier alpha value is -3.59. The van der Waals surface area contributed by atoms with Gasteiger partial charge in [-0.15, -0.1) is 12.8 Å². The Labute approximate surface area is 162 Å². The van der Waals surface area contributed by atoms with Crippen LogP contribution >= 0.6 is 0 Å². The molecule has 7 nitrogen and oxygen atoms in total. The van der Waals surface area contributed by atoms with Gasteiger partial charge >= 0.3 is 0 Å². The molecule has 2 heterocycles. The van der Waals surface area contributed by atoms with Crippen LogP contribution in [0.5, 0.6) is 0 Å². The number of sulfonamides is 1. The molecule has 0 radical (unpaired) electrons. The first-order valence-electron chi connectivity index (χ1n) is 8.34. The Morgan fingerprint density at radius 3 is 2.46 bits per heavy atom. The van der Waals surface area contributed by atoms with E-state index < -0.39 is 10.0 Å². The van der Waals surface area contributed by atoms with Crippen molar-refractivity contribution in [2.75, 3.05) is 13.1 Å². The minimum Gasteiger partial charge on any atom is -0.300 e. The molecular formula is C20H15N5O2S. The van der Waals surface area contributed by atoms with Gasteiger partial charge in [0.05, 0.1) is 40.9 Å². The summed E-state index contributed by atoms with van der Waals surface area (Å²) in [5, 5.41) is 13.1. The summed E-state index contributed by atoms with van der Waals surface area (Å²) in [5.74, 6) is 4.65. The molecule has 0 aliphatic rings. The molecular weight excluding hydrogens is 374 g/mol. The second-order valence-electron chi connectivity index (χ2n) is 6.06.